The van der Waals surface area contributed by atoms with Crippen molar-refractivity contribution >= 4 is 10.9 Å². The maximum Gasteiger partial charge on any atom is 0.189 e. The second-order valence-corrected chi connectivity index (χ2v) is 3.11. The number of benzene rings is 1. The molecule has 0 fully saturated rings. The molecule has 0 bridgehead atoms. The van der Waals surface area contributed by atoms with Crippen LogP contribution in [0.4, 0.5) is 0 Å². The summed E-state index contributed by atoms with van der Waals surface area (Å²) in [5.41, 5.74) is 2.14. The van der Waals surface area contributed by atoms with Gasteiger partial charge in [0.15, 0.2) is 5.43 Å². The van der Waals surface area contributed by atoms with E-state index in [4.69, 9.17) is 5.26 Å². The van der Waals surface area contributed by atoms with Gasteiger partial charge in [-0.15, -0.1) is 0 Å². The first kappa shape index (κ1) is 8.52. The number of rotatable bonds is 0. The minimum absolute atomic E-state index is 0.0219. The zero-order valence-corrected chi connectivity index (χ0v) is 7.66. The molecule has 0 spiro atoms. The Kier molecular flexibility index (Phi) is 1.83. The third-order valence-corrected chi connectivity index (χ3v) is 2.31. The average Bonchev–Trinajstić information content (AvgIpc) is 2.20. The summed E-state index contributed by atoms with van der Waals surface area (Å²) in [7, 11) is 0. The summed E-state index contributed by atoms with van der Waals surface area (Å²) in [6, 6.07) is 6.92. The quantitative estimate of drug-likeness (QED) is 0.677. The zero-order valence-electron chi connectivity index (χ0n) is 7.66. The van der Waals surface area contributed by atoms with Gasteiger partial charge in [0.1, 0.15) is 0 Å². The number of hydrogen-bond acceptors (Lipinski definition) is 2. The van der Waals surface area contributed by atoms with E-state index in [1.165, 1.54) is 6.07 Å². The number of aromatic amines is 1. The van der Waals surface area contributed by atoms with Crippen molar-refractivity contribution < 1.29 is 0 Å². The maximum atomic E-state index is 11.4. The topological polar surface area (TPSA) is 56.6 Å². The second kappa shape index (κ2) is 3.00. The molecule has 0 aliphatic carbocycles. The van der Waals surface area contributed by atoms with E-state index in [0.29, 0.717) is 10.9 Å². The van der Waals surface area contributed by atoms with Crippen LogP contribution in [-0.2, 0) is 0 Å². The molecule has 1 heterocycles. The van der Waals surface area contributed by atoms with Gasteiger partial charge in [0, 0.05) is 17.6 Å². The third kappa shape index (κ3) is 1.09. The molecule has 0 radical (unpaired) electrons. The Balaban J connectivity index is 3.00. The molecule has 2 aromatic rings. The van der Waals surface area contributed by atoms with Gasteiger partial charge in [-0.1, -0.05) is 0 Å². The summed E-state index contributed by atoms with van der Waals surface area (Å²) < 4.78 is 0. The number of nitriles is 1. The molecule has 0 saturated carbocycles. The van der Waals surface area contributed by atoms with Crippen LogP contribution in [0, 0.1) is 18.3 Å². The van der Waals surface area contributed by atoms with E-state index in [1.807, 2.05) is 6.92 Å². The van der Waals surface area contributed by atoms with Crippen LogP contribution in [0.1, 0.15) is 11.1 Å². The minimum atomic E-state index is -0.0219. The summed E-state index contributed by atoms with van der Waals surface area (Å²) in [4.78, 5) is 14.4. The first-order valence-electron chi connectivity index (χ1n) is 4.25. The predicted octanol–water partition coefficient (Wildman–Crippen LogP) is 1.71. The molecule has 1 aromatic carbocycles. The van der Waals surface area contributed by atoms with Gasteiger partial charge in [0.2, 0.25) is 0 Å². The zero-order chi connectivity index (χ0) is 10.1. The SMILES string of the molecule is Cc1c(C#N)ccc2c(=O)cc[nH]c12. The van der Waals surface area contributed by atoms with Gasteiger partial charge in [-0.3, -0.25) is 4.79 Å². The van der Waals surface area contributed by atoms with E-state index in [-0.39, 0.29) is 5.43 Å². The van der Waals surface area contributed by atoms with Crippen LogP contribution in [0.5, 0.6) is 0 Å². The monoisotopic (exact) mass is 184 g/mol. The summed E-state index contributed by atoms with van der Waals surface area (Å²) in [5, 5.41) is 9.43. The molecule has 68 valence electrons. The van der Waals surface area contributed by atoms with Crippen molar-refractivity contribution in [2.45, 2.75) is 6.92 Å². The van der Waals surface area contributed by atoms with E-state index in [2.05, 4.69) is 11.1 Å². The van der Waals surface area contributed by atoms with Gasteiger partial charge in [0.25, 0.3) is 0 Å². The maximum absolute atomic E-state index is 11.4. The number of aryl methyl sites for hydroxylation is 1. The van der Waals surface area contributed by atoms with E-state index in [0.717, 1.165) is 11.1 Å². The lowest BCUT2D eigenvalue weighted by atomic mass is 10.1. The Morgan fingerprint density at radius 1 is 1.36 bits per heavy atom. The number of nitrogens with one attached hydrogen (secondary N) is 1. The highest BCUT2D eigenvalue weighted by Gasteiger charge is 2.04. The summed E-state index contributed by atoms with van der Waals surface area (Å²) in [6.07, 6.45) is 1.60. The number of nitrogens with zero attached hydrogens (tertiary/aromatic N) is 1. The largest absolute Gasteiger partial charge is 0.361 e. The van der Waals surface area contributed by atoms with Crippen molar-refractivity contribution in [3.8, 4) is 6.07 Å². The van der Waals surface area contributed by atoms with Crippen LogP contribution in [0.2, 0.25) is 0 Å². The van der Waals surface area contributed by atoms with Crippen molar-refractivity contribution in [1.29, 1.82) is 5.26 Å². The number of H-pyrrole nitrogens is 1. The molecule has 1 N–H and O–H groups in total. The molecule has 0 atom stereocenters. The van der Waals surface area contributed by atoms with Crippen molar-refractivity contribution in [3.63, 3.8) is 0 Å². The molecular formula is C11H8N2O. The van der Waals surface area contributed by atoms with E-state index < -0.39 is 0 Å². The summed E-state index contributed by atoms with van der Waals surface area (Å²) in [6.45, 7) is 1.83. The van der Waals surface area contributed by atoms with Crippen LogP contribution in [-0.4, -0.2) is 4.98 Å². The van der Waals surface area contributed by atoms with Crippen LogP contribution in [0.15, 0.2) is 29.2 Å². The average molecular weight is 184 g/mol. The van der Waals surface area contributed by atoms with Gasteiger partial charge < -0.3 is 4.98 Å². The van der Waals surface area contributed by atoms with Crippen molar-refractivity contribution in [3.05, 3.63) is 45.7 Å². The Morgan fingerprint density at radius 2 is 2.14 bits per heavy atom. The van der Waals surface area contributed by atoms with Gasteiger partial charge in [-0.2, -0.15) is 5.26 Å². The molecule has 0 unspecified atom stereocenters. The molecule has 3 nitrogen and oxygen atoms in total. The minimum Gasteiger partial charge on any atom is -0.361 e. The van der Waals surface area contributed by atoms with Crippen LogP contribution < -0.4 is 5.43 Å². The molecule has 0 aliphatic heterocycles. The van der Waals surface area contributed by atoms with E-state index in [9.17, 15) is 4.79 Å². The highest BCUT2D eigenvalue weighted by molar-refractivity contribution is 5.83. The summed E-state index contributed by atoms with van der Waals surface area (Å²) >= 11 is 0. The Labute approximate surface area is 80.6 Å². The lowest BCUT2D eigenvalue weighted by molar-refractivity contribution is 1.33. The van der Waals surface area contributed by atoms with Gasteiger partial charge in [-0.05, 0) is 24.6 Å². The Bertz CT molecular complexity index is 590. The molecule has 2 rings (SSSR count). The van der Waals surface area contributed by atoms with E-state index in [1.54, 1.807) is 18.3 Å². The Hall–Kier alpha value is -2.08. The number of fused-ring (bicyclic) bond motifs is 1. The lowest BCUT2D eigenvalue weighted by Crippen LogP contribution is -2.01. The van der Waals surface area contributed by atoms with Crippen LogP contribution in [0.25, 0.3) is 10.9 Å². The molecule has 0 aliphatic rings. The molecule has 0 amide bonds. The fourth-order valence-corrected chi connectivity index (χ4v) is 1.51. The first-order chi connectivity index (χ1) is 6.74. The third-order valence-electron chi connectivity index (χ3n) is 2.31. The fraction of sp³-hybridized carbons (Fsp3) is 0.0909. The highest BCUT2D eigenvalue weighted by atomic mass is 16.1. The summed E-state index contributed by atoms with van der Waals surface area (Å²) in [5.74, 6) is 0. The van der Waals surface area contributed by atoms with Gasteiger partial charge in [-0.25, -0.2) is 0 Å². The fourth-order valence-electron chi connectivity index (χ4n) is 1.51. The van der Waals surface area contributed by atoms with Gasteiger partial charge >= 0.3 is 0 Å². The van der Waals surface area contributed by atoms with Crippen molar-refractivity contribution in [2.75, 3.05) is 0 Å². The molecule has 1 aromatic heterocycles. The molecule has 0 saturated heterocycles. The highest BCUT2D eigenvalue weighted by Crippen LogP contribution is 2.15. The van der Waals surface area contributed by atoms with E-state index >= 15 is 0 Å². The van der Waals surface area contributed by atoms with Crippen molar-refractivity contribution in [1.82, 2.24) is 4.98 Å². The molecule has 14 heavy (non-hydrogen) atoms. The number of pyridine rings is 1. The van der Waals surface area contributed by atoms with Gasteiger partial charge in [0.05, 0.1) is 17.1 Å². The Morgan fingerprint density at radius 3 is 2.86 bits per heavy atom. The van der Waals surface area contributed by atoms with Crippen LogP contribution in [0.3, 0.4) is 0 Å². The first-order valence-corrected chi connectivity index (χ1v) is 4.25. The van der Waals surface area contributed by atoms with Crippen LogP contribution >= 0.6 is 0 Å². The molecule has 3 heteroatoms. The number of aromatic nitrogens is 1. The standard InChI is InChI=1S/C11H8N2O/c1-7-8(6-12)2-3-9-10(14)4-5-13-11(7)9/h2-5H,1H3,(H,13,14). The normalized spacial score (nSPS) is 10.0. The molecular weight excluding hydrogens is 176 g/mol. The number of hydrogen-bond donors (Lipinski definition) is 1. The second-order valence-electron chi connectivity index (χ2n) is 3.11. The van der Waals surface area contributed by atoms with Crippen molar-refractivity contribution in [2.24, 2.45) is 0 Å². The smallest absolute Gasteiger partial charge is 0.189 e. The predicted molar refractivity (Wildman–Crippen MR) is 54.0 cm³/mol. The lowest BCUT2D eigenvalue weighted by Gasteiger charge is -2.02.